The number of hydrogen-bond donors (Lipinski definition) is 0. The molecule has 126 valence electrons. The average molecular weight is 359 g/mol. The van der Waals surface area contributed by atoms with E-state index in [1.54, 1.807) is 4.90 Å². The summed E-state index contributed by atoms with van der Waals surface area (Å²) in [7, 11) is -2.06. The molecule has 1 aromatic rings. The molecule has 6 nitrogen and oxygen atoms in total. The van der Waals surface area contributed by atoms with Gasteiger partial charge in [-0.15, -0.1) is 0 Å². The zero-order valence-electron chi connectivity index (χ0n) is 12.9. The highest BCUT2D eigenvalue weighted by molar-refractivity contribution is 7.89. The van der Waals surface area contributed by atoms with Crippen molar-refractivity contribution < 1.29 is 17.9 Å². The molecule has 1 atom stereocenters. The lowest BCUT2D eigenvalue weighted by Crippen LogP contribution is -2.56. The minimum Gasteiger partial charge on any atom is -0.384 e. The number of fused-ring (bicyclic) bond motifs is 3. The van der Waals surface area contributed by atoms with Gasteiger partial charge in [-0.3, -0.25) is 4.79 Å². The maximum Gasteiger partial charge on any atom is 0.238 e. The van der Waals surface area contributed by atoms with Gasteiger partial charge in [0.1, 0.15) is 0 Å². The summed E-state index contributed by atoms with van der Waals surface area (Å²) >= 11 is 6.09. The van der Waals surface area contributed by atoms with E-state index in [2.05, 4.69) is 0 Å². The zero-order chi connectivity index (χ0) is 16.6. The molecule has 1 fully saturated rings. The molecule has 1 unspecified atom stereocenters. The normalized spacial score (nSPS) is 21.9. The fourth-order valence-corrected chi connectivity index (χ4v) is 4.68. The number of rotatable bonds is 4. The Morgan fingerprint density at radius 1 is 1.39 bits per heavy atom. The van der Waals surface area contributed by atoms with Crippen molar-refractivity contribution in [3.8, 4) is 0 Å². The number of halogens is 1. The van der Waals surface area contributed by atoms with Gasteiger partial charge in [0.2, 0.25) is 15.9 Å². The molecule has 2 aliphatic heterocycles. The van der Waals surface area contributed by atoms with Crippen LogP contribution >= 0.6 is 11.6 Å². The molecule has 1 saturated heterocycles. The Balaban J connectivity index is 1.91. The van der Waals surface area contributed by atoms with Crippen LogP contribution in [0.25, 0.3) is 0 Å². The molecular weight excluding hydrogens is 340 g/mol. The fourth-order valence-electron chi connectivity index (χ4n) is 3.19. The third-order valence-electron chi connectivity index (χ3n) is 4.41. The first-order chi connectivity index (χ1) is 10.9. The molecule has 0 saturated carbocycles. The first-order valence-electron chi connectivity index (χ1n) is 7.47. The van der Waals surface area contributed by atoms with Crippen LogP contribution in [-0.4, -0.2) is 62.6 Å². The average Bonchev–Trinajstić information content (AvgIpc) is 2.52. The number of methoxy groups -OCH3 is 1. The van der Waals surface area contributed by atoms with E-state index in [-0.39, 0.29) is 37.4 Å². The Kier molecular flexibility index (Phi) is 4.64. The first-order valence-corrected chi connectivity index (χ1v) is 9.45. The fraction of sp³-hybridized carbons (Fsp3) is 0.533. The molecule has 0 aromatic heterocycles. The third kappa shape index (κ3) is 3.24. The molecule has 0 bridgehead atoms. The number of nitrogens with zero attached hydrogens (tertiary/aromatic N) is 2. The van der Waals surface area contributed by atoms with Crippen LogP contribution in [0.3, 0.4) is 0 Å². The van der Waals surface area contributed by atoms with Crippen molar-refractivity contribution >= 4 is 27.5 Å². The third-order valence-corrected chi connectivity index (χ3v) is 6.40. The van der Waals surface area contributed by atoms with Gasteiger partial charge in [-0.25, -0.2) is 8.42 Å². The van der Waals surface area contributed by atoms with E-state index < -0.39 is 10.0 Å². The van der Waals surface area contributed by atoms with E-state index in [1.807, 2.05) is 18.2 Å². The Labute approximate surface area is 141 Å². The van der Waals surface area contributed by atoms with Crippen LogP contribution in [0.15, 0.2) is 18.2 Å². The van der Waals surface area contributed by atoms with Crippen molar-refractivity contribution in [2.45, 2.75) is 12.5 Å². The van der Waals surface area contributed by atoms with Gasteiger partial charge in [0.25, 0.3) is 0 Å². The predicted molar refractivity (Wildman–Crippen MR) is 86.8 cm³/mol. The number of ether oxygens (including phenoxy) is 1. The molecule has 0 N–H and O–H groups in total. The summed E-state index contributed by atoms with van der Waals surface area (Å²) in [6.45, 7) is 0.900. The Bertz CT molecular complexity index is 722. The molecule has 2 heterocycles. The Morgan fingerprint density at radius 2 is 2.17 bits per heavy atom. The van der Waals surface area contributed by atoms with Gasteiger partial charge < -0.3 is 9.64 Å². The maximum absolute atomic E-state index is 12.4. The van der Waals surface area contributed by atoms with Crippen molar-refractivity contribution in [2.24, 2.45) is 0 Å². The van der Waals surface area contributed by atoms with Crippen LogP contribution in [0.4, 0.5) is 0 Å². The molecule has 8 heteroatoms. The van der Waals surface area contributed by atoms with Gasteiger partial charge >= 0.3 is 0 Å². The summed E-state index contributed by atoms with van der Waals surface area (Å²) in [5.74, 6) is -0.279. The SMILES string of the molecule is COCCS(=O)(=O)N1CC(=O)N2CCc3ccc(Cl)cc3C2C1. The maximum atomic E-state index is 12.4. The van der Waals surface area contributed by atoms with Crippen LogP contribution in [0.2, 0.25) is 5.02 Å². The van der Waals surface area contributed by atoms with E-state index in [9.17, 15) is 13.2 Å². The highest BCUT2D eigenvalue weighted by Gasteiger charge is 2.40. The lowest BCUT2D eigenvalue weighted by Gasteiger charge is -2.44. The number of carbonyl (C=O) groups excluding carboxylic acids is 1. The first kappa shape index (κ1) is 16.7. The van der Waals surface area contributed by atoms with Crippen molar-refractivity contribution in [1.29, 1.82) is 0 Å². The van der Waals surface area contributed by atoms with Gasteiger partial charge in [-0.05, 0) is 29.7 Å². The summed E-state index contributed by atoms with van der Waals surface area (Å²) in [4.78, 5) is 14.2. The van der Waals surface area contributed by atoms with Crippen molar-refractivity contribution in [1.82, 2.24) is 9.21 Å². The van der Waals surface area contributed by atoms with Gasteiger partial charge in [-0.2, -0.15) is 4.31 Å². The number of amides is 1. The molecule has 2 aliphatic rings. The molecule has 3 rings (SSSR count). The summed E-state index contributed by atoms with van der Waals surface area (Å²) in [6.07, 6.45) is 0.769. The van der Waals surface area contributed by atoms with E-state index in [1.165, 1.54) is 11.4 Å². The largest absolute Gasteiger partial charge is 0.384 e. The van der Waals surface area contributed by atoms with Crippen molar-refractivity contribution in [3.63, 3.8) is 0 Å². The number of hydrogen-bond acceptors (Lipinski definition) is 4. The number of benzene rings is 1. The Hall–Kier alpha value is -1.15. The van der Waals surface area contributed by atoms with Crippen molar-refractivity contribution in [3.05, 3.63) is 34.3 Å². The molecule has 1 aromatic carbocycles. The van der Waals surface area contributed by atoms with E-state index in [4.69, 9.17) is 16.3 Å². The molecule has 0 spiro atoms. The minimum atomic E-state index is -3.51. The van der Waals surface area contributed by atoms with Crippen LogP contribution in [0.1, 0.15) is 17.2 Å². The summed E-state index contributed by atoms with van der Waals surface area (Å²) in [6, 6.07) is 5.36. The predicted octanol–water partition coefficient (Wildman–Crippen LogP) is 1.06. The number of sulfonamides is 1. The van der Waals surface area contributed by atoms with Crippen LogP contribution in [0, 0.1) is 0 Å². The lowest BCUT2D eigenvalue weighted by molar-refractivity contribution is -0.138. The Morgan fingerprint density at radius 3 is 2.91 bits per heavy atom. The number of carbonyl (C=O) groups is 1. The summed E-state index contributed by atoms with van der Waals surface area (Å²) in [5.41, 5.74) is 2.07. The topological polar surface area (TPSA) is 66.9 Å². The summed E-state index contributed by atoms with van der Waals surface area (Å²) in [5, 5.41) is 0.595. The molecular formula is C15H19ClN2O4S. The van der Waals surface area contributed by atoms with Gasteiger partial charge in [0.15, 0.2) is 0 Å². The lowest BCUT2D eigenvalue weighted by atomic mass is 9.91. The highest BCUT2D eigenvalue weighted by Crippen LogP contribution is 2.35. The molecule has 0 aliphatic carbocycles. The van der Waals surface area contributed by atoms with E-state index in [0.29, 0.717) is 11.6 Å². The second kappa shape index (κ2) is 6.39. The highest BCUT2D eigenvalue weighted by atomic mass is 35.5. The van der Waals surface area contributed by atoms with Crippen LogP contribution in [0.5, 0.6) is 0 Å². The van der Waals surface area contributed by atoms with Gasteiger partial charge in [0.05, 0.1) is 24.9 Å². The zero-order valence-corrected chi connectivity index (χ0v) is 14.4. The minimum absolute atomic E-state index is 0.0988. The quantitative estimate of drug-likeness (QED) is 0.807. The smallest absolute Gasteiger partial charge is 0.238 e. The molecule has 0 radical (unpaired) electrons. The van der Waals surface area contributed by atoms with E-state index in [0.717, 1.165) is 17.5 Å². The van der Waals surface area contributed by atoms with Crippen molar-refractivity contribution in [2.75, 3.05) is 39.1 Å². The van der Waals surface area contributed by atoms with Gasteiger partial charge in [0, 0.05) is 25.2 Å². The van der Waals surface area contributed by atoms with Gasteiger partial charge in [-0.1, -0.05) is 17.7 Å². The molecule has 1 amide bonds. The summed E-state index contributed by atoms with van der Waals surface area (Å²) < 4.78 is 30.9. The standard InChI is InChI=1S/C15H19ClN2O4S/c1-22-6-7-23(20,21)17-9-14-13-8-12(16)3-2-11(13)4-5-18(14)15(19)10-17/h2-3,8,14H,4-7,9-10H2,1H3. The monoisotopic (exact) mass is 358 g/mol. The second-order valence-corrected chi connectivity index (χ2v) is 8.32. The number of piperazine rings is 1. The van der Waals surface area contributed by atoms with Crippen LogP contribution in [-0.2, 0) is 26.0 Å². The second-order valence-electron chi connectivity index (χ2n) is 5.80. The molecule has 23 heavy (non-hydrogen) atoms. The van der Waals surface area contributed by atoms with Crippen LogP contribution < -0.4 is 0 Å². The van der Waals surface area contributed by atoms with E-state index >= 15 is 0 Å².